The normalized spacial score (nSPS) is 37.7. The van der Waals surface area contributed by atoms with E-state index in [1.807, 2.05) is 0 Å². The zero-order chi connectivity index (χ0) is 15.4. The van der Waals surface area contributed by atoms with Crippen LogP contribution in [0, 0.1) is 11.8 Å². The van der Waals surface area contributed by atoms with Crippen LogP contribution in [0.25, 0.3) is 0 Å². The Labute approximate surface area is 135 Å². The molecule has 0 spiro atoms. The fourth-order valence-electron chi connectivity index (χ4n) is 4.23. The van der Waals surface area contributed by atoms with Gasteiger partial charge in [-0.15, -0.1) is 0 Å². The quantitative estimate of drug-likeness (QED) is 0.737. The van der Waals surface area contributed by atoms with Crippen molar-refractivity contribution >= 4 is 0 Å². The fraction of sp³-hybridized carbons (Fsp3) is 0.800. The molecule has 2 heteroatoms. The van der Waals surface area contributed by atoms with E-state index < -0.39 is 0 Å². The van der Waals surface area contributed by atoms with Crippen LogP contribution in [0.5, 0.6) is 0 Å². The second-order valence-electron chi connectivity index (χ2n) is 7.55. The topological polar surface area (TPSA) is 40.5 Å². The second-order valence-corrected chi connectivity index (χ2v) is 7.55. The van der Waals surface area contributed by atoms with Crippen molar-refractivity contribution in [2.45, 2.75) is 89.3 Å². The van der Waals surface area contributed by atoms with E-state index in [9.17, 15) is 10.2 Å². The minimum absolute atomic E-state index is 0.000602. The third-order valence-corrected chi connectivity index (χ3v) is 6.08. The molecule has 0 aromatic carbocycles. The van der Waals surface area contributed by atoms with Crippen molar-refractivity contribution in [1.29, 1.82) is 0 Å². The van der Waals surface area contributed by atoms with Gasteiger partial charge in [-0.2, -0.15) is 0 Å². The highest BCUT2D eigenvalue weighted by Gasteiger charge is 2.32. The van der Waals surface area contributed by atoms with Gasteiger partial charge in [-0.1, -0.05) is 23.3 Å². The van der Waals surface area contributed by atoms with Gasteiger partial charge in [0.2, 0.25) is 0 Å². The van der Waals surface area contributed by atoms with Crippen molar-refractivity contribution in [3.8, 4) is 0 Å². The summed E-state index contributed by atoms with van der Waals surface area (Å²) in [5, 5.41) is 18.8. The van der Waals surface area contributed by atoms with Crippen LogP contribution in [0.1, 0.15) is 77.0 Å². The highest BCUT2D eigenvalue weighted by Crippen LogP contribution is 2.38. The molecule has 4 rings (SSSR count). The van der Waals surface area contributed by atoms with Gasteiger partial charge in [-0.3, -0.25) is 0 Å². The number of hydrogen-bond donors (Lipinski definition) is 2. The maximum Gasteiger partial charge on any atom is 0.0605 e. The first-order chi connectivity index (χ1) is 10.8. The van der Waals surface area contributed by atoms with Crippen LogP contribution in [-0.4, -0.2) is 22.4 Å². The van der Waals surface area contributed by atoms with Crippen molar-refractivity contribution in [1.82, 2.24) is 0 Å². The van der Waals surface area contributed by atoms with Gasteiger partial charge < -0.3 is 10.2 Å². The molecule has 124 valence electrons. The fourth-order valence-corrected chi connectivity index (χ4v) is 4.23. The SMILES string of the molecule is O[C@@H]1CC[C@@H]1C1=CCCCC1.O[C@H]1CC[C@H]1C1=CCCCC1. The van der Waals surface area contributed by atoms with Crippen molar-refractivity contribution in [2.75, 3.05) is 0 Å². The van der Waals surface area contributed by atoms with Crippen LogP contribution >= 0.6 is 0 Å². The molecule has 0 aliphatic heterocycles. The van der Waals surface area contributed by atoms with E-state index in [0.29, 0.717) is 11.8 Å². The molecular formula is C20H32O2. The largest absolute Gasteiger partial charge is 0.393 e. The third-order valence-electron chi connectivity index (χ3n) is 6.08. The highest BCUT2D eigenvalue weighted by molar-refractivity contribution is 5.15. The summed E-state index contributed by atoms with van der Waals surface area (Å²) in [4.78, 5) is 0. The summed E-state index contributed by atoms with van der Waals surface area (Å²) in [7, 11) is 0. The molecule has 0 amide bonds. The van der Waals surface area contributed by atoms with Gasteiger partial charge in [0.25, 0.3) is 0 Å². The molecule has 2 saturated carbocycles. The molecule has 2 N–H and O–H groups in total. The summed E-state index contributed by atoms with van der Waals surface area (Å²) >= 11 is 0. The molecule has 0 heterocycles. The van der Waals surface area contributed by atoms with Crippen molar-refractivity contribution in [2.24, 2.45) is 11.8 Å². The summed E-state index contributed by atoms with van der Waals surface area (Å²) in [5.74, 6) is 1.10. The van der Waals surface area contributed by atoms with Crippen LogP contribution < -0.4 is 0 Å². The lowest BCUT2D eigenvalue weighted by Crippen LogP contribution is -2.33. The second kappa shape index (κ2) is 7.79. The molecule has 4 aliphatic rings. The molecule has 0 saturated heterocycles. The van der Waals surface area contributed by atoms with Crippen LogP contribution in [0.15, 0.2) is 23.3 Å². The van der Waals surface area contributed by atoms with Crippen molar-refractivity contribution in [3.63, 3.8) is 0 Å². The molecule has 2 nitrogen and oxygen atoms in total. The molecule has 0 unspecified atom stereocenters. The Morgan fingerprint density at radius 1 is 0.636 bits per heavy atom. The van der Waals surface area contributed by atoms with Crippen LogP contribution in [0.2, 0.25) is 0 Å². The maximum atomic E-state index is 9.42. The minimum atomic E-state index is -0.000602. The molecule has 0 bridgehead atoms. The van der Waals surface area contributed by atoms with Gasteiger partial charge in [-0.05, 0) is 77.0 Å². The molecular weight excluding hydrogens is 272 g/mol. The molecule has 0 aromatic rings. The van der Waals surface area contributed by atoms with Crippen LogP contribution in [0.4, 0.5) is 0 Å². The monoisotopic (exact) mass is 304 g/mol. The van der Waals surface area contributed by atoms with Gasteiger partial charge in [0, 0.05) is 11.8 Å². The average Bonchev–Trinajstić information content (AvgIpc) is 2.54. The average molecular weight is 304 g/mol. The summed E-state index contributed by atoms with van der Waals surface area (Å²) < 4.78 is 0. The molecule has 4 atom stereocenters. The van der Waals surface area contributed by atoms with E-state index in [1.54, 1.807) is 11.1 Å². The Bertz CT molecular complexity index is 383. The van der Waals surface area contributed by atoms with E-state index in [2.05, 4.69) is 12.2 Å². The molecule has 2 fully saturated rings. The molecule has 0 aromatic heterocycles. The van der Waals surface area contributed by atoms with Crippen molar-refractivity contribution < 1.29 is 10.2 Å². The predicted octanol–water partition coefficient (Wildman–Crippen LogP) is 4.52. The number of rotatable bonds is 2. The Kier molecular flexibility index (Phi) is 5.76. The van der Waals surface area contributed by atoms with Crippen LogP contribution in [-0.2, 0) is 0 Å². The third kappa shape index (κ3) is 3.83. The van der Waals surface area contributed by atoms with E-state index in [4.69, 9.17) is 0 Å². The minimum Gasteiger partial charge on any atom is -0.393 e. The number of allylic oxidation sites excluding steroid dienone is 2. The standard InChI is InChI=1S/2C10H16O/c2*11-10-7-6-9(10)8-4-2-1-3-5-8/h2*4,9-11H,1-3,5-7H2/t2*9-,10-/m10/s1. The smallest absolute Gasteiger partial charge is 0.0605 e. The first-order valence-electron chi connectivity index (χ1n) is 9.49. The zero-order valence-electron chi connectivity index (χ0n) is 13.8. The van der Waals surface area contributed by atoms with Gasteiger partial charge in [-0.25, -0.2) is 0 Å². The summed E-state index contributed by atoms with van der Waals surface area (Å²) in [6.07, 6.45) is 19.6. The molecule has 4 aliphatic carbocycles. The highest BCUT2D eigenvalue weighted by atomic mass is 16.3. The van der Waals surface area contributed by atoms with Crippen molar-refractivity contribution in [3.05, 3.63) is 23.3 Å². The lowest BCUT2D eigenvalue weighted by atomic mass is 9.74. The Morgan fingerprint density at radius 2 is 1.09 bits per heavy atom. The zero-order valence-corrected chi connectivity index (χ0v) is 13.8. The van der Waals surface area contributed by atoms with Gasteiger partial charge in [0.1, 0.15) is 0 Å². The summed E-state index contributed by atoms with van der Waals surface area (Å²) in [6, 6.07) is 0. The van der Waals surface area contributed by atoms with E-state index in [0.717, 1.165) is 12.8 Å². The predicted molar refractivity (Wildman–Crippen MR) is 90.6 cm³/mol. The maximum absolute atomic E-state index is 9.42. The van der Waals surface area contributed by atoms with Gasteiger partial charge in [0.15, 0.2) is 0 Å². The summed E-state index contributed by atoms with van der Waals surface area (Å²) in [6.45, 7) is 0. The Balaban J connectivity index is 0.000000131. The first-order valence-corrected chi connectivity index (χ1v) is 9.49. The van der Waals surface area contributed by atoms with Crippen LogP contribution in [0.3, 0.4) is 0 Å². The van der Waals surface area contributed by atoms with E-state index >= 15 is 0 Å². The Hall–Kier alpha value is -0.600. The molecule has 0 radical (unpaired) electrons. The number of hydrogen-bond acceptors (Lipinski definition) is 2. The summed E-state index contributed by atoms with van der Waals surface area (Å²) in [5.41, 5.74) is 3.10. The van der Waals surface area contributed by atoms with Gasteiger partial charge in [0.05, 0.1) is 12.2 Å². The Morgan fingerprint density at radius 3 is 1.32 bits per heavy atom. The lowest BCUT2D eigenvalue weighted by molar-refractivity contribution is 0.0412. The van der Waals surface area contributed by atoms with E-state index in [-0.39, 0.29) is 12.2 Å². The number of aliphatic hydroxyl groups is 2. The lowest BCUT2D eigenvalue weighted by Gasteiger charge is -2.35. The molecule has 22 heavy (non-hydrogen) atoms. The first kappa shape index (κ1) is 16.3. The van der Waals surface area contributed by atoms with Gasteiger partial charge >= 0.3 is 0 Å². The van der Waals surface area contributed by atoms with E-state index in [1.165, 1.54) is 64.2 Å². The number of aliphatic hydroxyl groups excluding tert-OH is 2.